The van der Waals surface area contributed by atoms with Gasteiger partial charge in [0, 0.05) is 5.92 Å². The van der Waals surface area contributed by atoms with Gasteiger partial charge in [-0.05, 0) is 17.7 Å². The van der Waals surface area contributed by atoms with E-state index in [0.717, 1.165) is 0 Å². The van der Waals surface area contributed by atoms with Crippen molar-refractivity contribution in [1.82, 2.24) is 0 Å². The molecule has 0 fully saturated rings. The lowest BCUT2D eigenvalue weighted by Gasteiger charge is -2.08. The highest BCUT2D eigenvalue weighted by atomic mass is 19.1. The van der Waals surface area contributed by atoms with Gasteiger partial charge in [-0.3, -0.25) is 4.39 Å². The highest BCUT2D eigenvalue weighted by Gasteiger charge is 2.09. The SMILES string of the molecule is COc1cc([C](C)CF)ccc1F. The van der Waals surface area contributed by atoms with Gasteiger partial charge in [0.25, 0.3) is 0 Å². The van der Waals surface area contributed by atoms with Gasteiger partial charge < -0.3 is 4.74 Å². The third kappa shape index (κ3) is 2.17. The summed E-state index contributed by atoms with van der Waals surface area (Å²) in [5.41, 5.74) is 0.667. The molecule has 1 aromatic rings. The minimum absolute atomic E-state index is 0.144. The second-order valence-electron chi connectivity index (χ2n) is 2.76. The largest absolute Gasteiger partial charge is 0.494 e. The number of hydrogen-bond acceptors (Lipinski definition) is 1. The third-order valence-electron chi connectivity index (χ3n) is 1.84. The van der Waals surface area contributed by atoms with Crippen molar-refractivity contribution < 1.29 is 13.5 Å². The summed E-state index contributed by atoms with van der Waals surface area (Å²) >= 11 is 0. The van der Waals surface area contributed by atoms with Crippen LogP contribution in [0.2, 0.25) is 0 Å². The summed E-state index contributed by atoms with van der Waals surface area (Å²) in [6, 6.07) is 4.30. The zero-order valence-electron chi connectivity index (χ0n) is 7.60. The quantitative estimate of drug-likeness (QED) is 0.703. The molecule has 0 spiro atoms. The molecule has 1 rings (SSSR count). The molecule has 0 atom stereocenters. The normalized spacial score (nSPS) is 10.5. The molecule has 0 saturated carbocycles. The van der Waals surface area contributed by atoms with Crippen LogP contribution < -0.4 is 4.74 Å². The fraction of sp³-hybridized carbons (Fsp3) is 0.300. The zero-order chi connectivity index (χ0) is 9.84. The van der Waals surface area contributed by atoms with Crippen LogP contribution in [0, 0.1) is 11.7 Å². The first-order chi connectivity index (χ1) is 6.19. The molecular weight excluding hydrogens is 174 g/mol. The fourth-order valence-corrected chi connectivity index (χ4v) is 1.00. The molecule has 0 aliphatic rings. The van der Waals surface area contributed by atoms with Crippen LogP contribution in [0.15, 0.2) is 18.2 Å². The Balaban J connectivity index is 2.99. The van der Waals surface area contributed by atoms with E-state index in [9.17, 15) is 8.78 Å². The Bertz CT molecular complexity index is 286. The highest BCUT2D eigenvalue weighted by Crippen LogP contribution is 2.23. The van der Waals surface area contributed by atoms with Crippen LogP contribution in [0.4, 0.5) is 8.78 Å². The molecule has 0 unspecified atom stereocenters. The van der Waals surface area contributed by atoms with E-state index in [-0.39, 0.29) is 5.75 Å². The predicted molar refractivity (Wildman–Crippen MR) is 46.9 cm³/mol. The Hall–Kier alpha value is -1.12. The van der Waals surface area contributed by atoms with Crippen molar-refractivity contribution in [3.05, 3.63) is 35.5 Å². The lowest BCUT2D eigenvalue weighted by molar-refractivity contribution is 0.386. The maximum atomic E-state index is 12.9. The summed E-state index contributed by atoms with van der Waals surface area (Å²) in [6.45, 7) is 1.13. The number of rotatable bonds is 3. The summed E-state index contributed by atoms with van der Waals surface area (Å²) in [7, 11) is 1.38. The van der Waals surface area contributed by atoms with Gasteiger partial charge in [0.15, 0.2) is 11.6 Å². The van der Waals surface area contributed by atoms with E-state index in [2.05, 4.69) is 0 Å². The van der Waals surface area contributed by atoms with E-state index in [1.807, 2.05) is 0 Å². The molecule has 0 heterocycles. The van der Waals surface area contributed by atoms with Gasteiger partial charge in [-0.1, -0.05) is 13.0 Å². The van der Waals surface area contributed by atoms with Crippen LogP contribution in [-0.2, 0) is 0 Å². The molecule has 1 aromatic carbocycles. The van der Waals surface area contributed by atoms with Crippen LogP contribution in [0.1, 0.15) is 12.5 Å². The molecule has 0 saturated heterocycles. The van der Waals surface area contributed by atoms with Gasteiger partial charge in [-0.15, -0.1) is 0 Å². The average molecular weight is 185 g/mol. The van der Waals surface area contributed by atoms with E-state index in [4.69, 9.17) is 4.74 Å². The van der Waals surface area contributed by atoms with Crippen LogP contribution in [0.3, 0.4) is 0 Å². The lowest BCUT2D eigenvalue weighted by atomic mass is 10.0. The fourth-order valence-electron chi connectivity index (χ4n) is 1.00. The molecule has 0 amide bonds. The average Bonchev–Trinajstić information content (AvgIpc) is 2.17. The smallest absolute Gasteiger partial charge is 0.165 e. The van der Waals surface area contributed by atoms with E-state index in [1.165, 1.54) is 25.3 Å². The lowest BCUT2D eigenvalue weighted by Crippen LogP contribution is -1.98. The number of alkyl halides is 1. The zero-order valence-corrected chi connectivity index (χ0v) is 7.60. The monoisotopic (exact) mass is 185 g/mol. The second kappa shape index (κ2) is 4.21. The number of benzene rings is 1. The Morgan fingerprint density at radius 3 is 2.69 bits per heavy atom. The molecule has 0 aromatic heterocycles. The van der Waals surface area contributed by atoms with Crippen LogP contribution in [0.5, 0.6) is 5.75 Å². The maximum Gasteiger partial charge on any atom is 0.165 e. The standard InChI is InChI=1S/C10H11F2O/c1-7(6-11)8-3-4-9(12)10(5-8)13-2/h3-5H,6H2,1-2H3. The molecule has 0 aliphatic carbocycles. The van der Waals surface area contributed by atoms with Gasteiger partial charge in [0.2, 0.25) is 0 Å². The third-order valence-corrected chi connectivity index (χ3v) is 1.84. The summed E-state index contributed by atoms with van der Waals surface area (Å²) in [4.78, 5) is 0. The van der Waals surface area contributed by atoms with Gasteiger partial charge in [-0.25, -0.2) is 4.39 Å². The van der Waals surface area contributed by atoms with Crippen molar-refractivity contribution in [2.75, 3.05) is 13.8 Å². The van der Waals surface area contributed by atoms with Crippen LogP contribution in [0.25, 0.3) is 0 Å². The predicted octanol–water partition coefficient (Wildman–Crippen LogP) is 2.75. The molecule has 0 bridgehead atoms. The number of halogens is 2. The van der Waals surface area contributed by atoms with Crippen molar-refractivity contribution in [2.24, 2.45) is 0 Å². The van der Waals surface area contributed by atoms with Gasteiger partial charge in [0.05, 0.1) is 13.8 Å². The highest BCUT2D eigenvalue weighted by molar-refractivity contribution is 5.37. The van der Waals surface area contributed by atoms with Crippen LogP contribution >= 0.6 is 0 Å². The van der Waals surface area contributed by atoms with Crippen LogP contribution in [-0.4, -0.2) is 13.8 Å². The molecule has 3 heteroatoms. The topological polar surface area (TPSA) is 9.23 Å². The summed E-state index contributed by atoms with van der Waals surface area (Å²) in [5, 5.41) is 0. The van der Waals surface area contributed by atoms with E-state index >= 15 is 0 Å². The second-order valence-corrected chi connectivity index (χ2v) is 2.76. The molecular formula is C10H11F2O. The minimum Gasteiger partial charge on any atom is -0.494 e. The van der Waals surface area contributed by atoms with Gasteiger partial charge in [0.1, 0.15) is 0 Å². The van der Waals surface area contributed by atoms with Crippen molar-refractivity contribution in [1.29, 1.82) is 0 Å². The maximum absolute atomic E-state index is 12.9. The summed E-state index contributed by atoms with van der Waals surface area (Å²) < 4.78 is 29.9. The molecule has 0 aliphatic heterocycles. The first kappa shape index (κ1) is 9.96. The number of ether oxygens (including phenoxy) is 1. The molecule has 1 radical (unpaired) electrons. The molecule has 71 valence electrons. The first-order valence-corrected chi connectivity index (χ1v) is 3.91. The van der Waals surface area contributed by atoms with Gasteiger partial charge >= 0.3 is 0 Å². The van der Waals surface area contributed by atoms with Crippen molar-refractivity contribution in [3.63, 3.8) is 0 Å². The Labute approximate surface area is 76.3 Å². The van der Waals surface area contributed by atoms with Gasteiger partial charge in [-0.2, -0.15) is 0 Å². The Kier molecular flexibility index (Phi) is 3.23. The first-order valence-electron chi connectivity index (χ1n) is 3.91. The van der Waals surface area contributed by atoms with Crippen molar-refractivity contribution in [2.45, 2.75) is 6.92 Å². The molecule has 13 heavy (non-hydrogen) atoms. The van der Waals surface area contributed by atoms with E-state index < -0.39 is 12.5 Å². The number of hydrogen-bond donors (Lipinski definition) is 0. The Morgan fingerprint density at radius 1 is 1.46 bits per heavy atom. The summed E-state index contributed by atoms with van der Waals surface area (Å²) in [5.74, 6) is 0.279. The molecule has 1 nitrogen and oxygen atoms in total. The molecule has 0 N–H and O–H groups in total. The van der Waals surface area contributed by atoms with E-state index in [0.29, 0.717) is 11.5 Å². The minimum atomic E-state index is -0.533. The van der Waals surface area contributed by atoms with Crippen molar-refractivity contribution in [3.8, 4) is 5.75 Å². The van der Waals surface area contributed by atoms with Crippen molar-refractivity contribution >= 4 is 0 Å². The Morgan fingerprint density at radius 2 is 2.15 bits per heavy atom. The summed E-state index contributed by atoms with van der Waals surface area (Å²) in [6.07, 6.45) is 0. The van der Waals surface area contributed by atoms with E-state index in [1.54, 1.807) is 6.92 Å². The number of methoxy groups -OCH3 is 1.